The van der Waals surface area contributed by atoms with E-state index < -0.39 is 10.7 Å². The molecule has 0 radical (unpaired) electrons. The van der Waals surface area contributed by atoms with E-state index in [0.717, 1.165) is 24.7 Å². The molecule has 0 bridgehead atoms. The molecule has 2 fully saturated rings. The molecule has 88 valence electrons. The van der Waals surface area contributed by atoms with Crippen LogP contribution in [0.15, 0.2) is 0 Å². The van der Waals surface area contributed by atoms with E-state index in [-0.39, 0.29) is 5.25 Å². The molecule has 0 spiro atoms. The smallest absolute Gasteiger partial charge is 0.143 e. The highest BCUT2D eigenvalue weighted by Gasteiger charge is 2.29. The Morgan fingerprint density at radius 3 is 1.73 bits per heavy atom. The summed E-state index contributed by atoms with van der Waals surface area (Å²) in [5.74, 6) is 1.76. The van der Waals surface area contributed by atoms with Crippen LogP contribution in [-0.4, -0.2) is 13.7 Å². The molecule has 0 aliphatic heterocycles. The molecule has 0 saturated heterocycles. The van der Waals surface area contributed by atoms with Crippen molar-refractivity contribution in [3.8, 4) is 0 Å². The van der Waals surface area contributed by atoms with Crippen molar-refractivity contribution in [3.63, 3.8) is 0 Å². The van der Waals surface area contributed by atoms with E-state index in [9.17, 15) is 8.42 Å². The van der Waals surface area contributed by atoms with E-state index in [2.05, 4.69) is 0 Å². The maximum absolute atomic E-state index is 10.9. The lowest BCUT2D eigenvalue weighted by molar-refractivity contribution is 0.197. The van der Waals surface area contributed by atoms with Crippen LogP contribution in [0.25, 0.3) is 0 Å². The minimum Gasteiger partial charge on any atom is -0.232 e. The van der Waals surface area contributed by atoms with Crippen molar-refractivity contribution < 1.29 is 8.42 Å². The lowest BCUT2D eigenvalue weighted by atomic mass is 9.73. The molecule has 3 heteroatoms. The summed E-state index contributed by atoms with van der Waals surface area (Å²) in [6, 6.07) is 0. The Balaban J connectivity index is 1.81. The summed E-state index contributed by atoms with van der Waals surface area (Å²) < 4.78 is 21.7. The fraction of sp³-hybridized carbons (Fsp3) is 1.00. The third kappa shape index (κ3) is 2.96. The van der Waals surface area contributed by atoms with Crippen molar-refractivity contribution in [3.05, 3.63) is 0 Å². The van der Waals surface area contributed by atoms with Gasteiger partial charge in [-0.25, -0.2) is 8.42 Å². The molecule has 0 aromatic heterocycles. The second-order valence-electron chi connectivity index (χ2n) is 5.25. The van der Waals surface area contributed by atoms with Crippen molar-refractivity contribution in [2.45, 2.75) is 63.0 Å². The van der Waals surface area contributed by atoms with Gasteiger partial charge in [0.15, 0.2) is 0 Å². The Kier molecular flexibility index (Phi) is 4.06. The van der Waals surface area contributed by atoms with Crippen molar-refractivity contribution in [1.29, 1.82) is 0 Å². The van der Waals surface area contributed by atoms with Gasteiger partial charge < -0.3 is 0 Å². The average molecular weight is 230 g/mol. The molecule has 2 nitrogen and oxygen atoms in total. The second kappa shape index (κ2) is 5.33. The van der Waals surface area contributed by atoms with Gasteiger partial charge >= 0.3 is 0 Å². The predicted octanol–water partition coefficient (Wildman–Crippen LogP) is 2.74. The molecule has 2 rings (SSSR count). The average Bonchev–Trinajstić information content (AvgIpc) is 2.30. The zero-order valence-electron chi connectivity index (χ0n) is 9.36. The van der Waals surface area contributed by atoms with Crippen LogP contribution in [0.5, 0.6) is 0 Å². The molecular formula is C12H22O2S. The minimum absolute atomic E-state index is 0.000148. The SMILES string of the molecule is O=[SH](=O)C1CCC(C2CCCCC2)CC1. The Labute approximate surface area is 94.4 Å². The van der Waals surface area contributed by atoms with Gasteiger partial charge in [-0.3, -0.25) is 0 Å². The number of hydrogen-bond donors (Lipinski definition) is 1. The summed E-state index contributed by atoms with van der Waals surface area (Å²) >= 11 is 0. The van der Waals surface area contributed by atoms with E-state index in [1.807, 2.05) is 0 Å². The van der Waals surface area contributed by atoms with Crippen LogP contribution in [0.2, 0.25) is 0 Å². The first-order valence-corrected chi connectivity index (χ1v) is 7.65. The maximum atomic E-state index is 10.9. The maximum Gasteiger partial charge on any atom is 0.143 e. The summed E-state index contributed by atoms with van der Waals surface area (Å²) in [6.45, 7) is 0. The molecule has 2 aliphatic rings. The van der Waals surface area contributed by atoms with Crippen LogP contribution < -0.4 is 0 Å². The van der Waals surface area contributed by atoms with Gasteiger partial charge in [0.1, 0.15) is 10.7 Å². The minimum atomic E-state index is -2.16. The molecular weight excluding hydrogens is 208 g/mol. The highest BCUT2D eigenvalue weighted by atomic mass is 32.2. The van der Waals surface area contributed by atoms with Crippen LogP contribution in [0.4, 0.5) is 0 Å². The van der Waals surface area contributed by atoms with Gasteiger partial charge in [-0.1, -0.05) is 32.1 Å². The van der Waals surface area contributed by atoms with Gasteiger partial charge in [0.25, 0.3) is 0 Å². The number of rotatable bonds is 2. The van der Waals surface area contributed by atoms with Crippen molar-refractivity contribution >= 4 is 10.7 Å². The van der Waals surface area contributed by atoms with E-state index in [1.54, 1.807) is 0 Å². The predicted molar refractivity (Wildman–Crippen MR) is 62.6 cm³/mol. The molecule has 0 heterocycles. The topological polar surface area (TPSA) is 34.1 Å². The Morgan fingerprint density at radius 2 is 1.20 bits per heavy atom. The van der Waals surface area contributed by atoms with Crippen molar-refractivity contribution in [2.24, 2.45) is 11.8 Å². The van der Waals surface area contributed by atoms with Crippen molar-refractivity contribution in [1.82, 2.24) is 0 Å². The first-order chi connectivity index (χ1) is 7.27. The van der Waals surface area contributed by atoms with Gasteiger partial charge in [-0.05, 0) is 37.5 Å². The molecule has 0 amide bonds. The quantitative estimate of drug-likeness (QED) is 0.740. The summed E-state index contributed by atoms with van der Waals surface area (Å²) in [7, 11) is -2.16. The molecule has 2 saturated carbocycles. The Bertz CT molecular complexity index is 251. The molecule has 2 aliphatic carbocycles. The van der Waals surface area contributed by atoms with E-state index >= 15 is 0 Å². The Hall–Kier alpha value is -0.0500. The lowest BCUT2D eigenvalue weighted by Gasteiger charge is -2.34. The van der Waals surface area contributed by atoms with Gasteiger partial charge in [0.2, 0.25) is 0 Å². The largest absolute Gasteiger partial charge is 0.232 e. The Morgan fingerprint density at radius 1 is 0.667 bits per heavy atom. The van der Waals surface area contributed by atoms with Crippen LogP contribution >= 0.6 is 0 Å². The highest BCUT2D eigenvalue weighted by Crippen LogP contribution is 2.38. The standard InChI is InChI=1S/C12H22O2S/c13-15(14)12-8-6-11(7-9-12)10-4-2-1-3-5-10/h10-12,15H,1-9H2. The zero-order valence-corrected chi connectivity index (χ0v) is 10.3. The number of hydrogen-bond acceptors (Lipinski definition) is 2. The first kappa shape index (κ1) is 11.4. The normalized spacial score (nSPS) is 34.5. The summed E-state index contributed by atoms with van der Waals surface area (Å²) in [5.41, 5.74) is 0. The van der Waals surface area contributed by atoms with Crippen LogP contribution in [0, 0.1) is 11.8 Å². The van der Waals surface area contributed by atoms with E-state index in [4.69, 9.17) is 0 Å². The van der Waals surface area contributed by atoms with Gasteiger partial charge in [0, 0.05) is 0 Å². The fourth-order valence-electron chi connectivity index (χ4n) is 3.39. The molecule has 0 unspecified atom stereocenters. The second-order valence-corrected chi connectivity index (χ2v) is 6.55. The summed E-state index contributed by atoms with van der Waals surface area (Å²) in [5, 5.41) is -0.000148. The molecule has 0 atom stereocenters. The van der Waals surface area contributed by atoms with E-state index in [1.165, 1.54) is 44.9 Å². The lowest BCUT2D eigenvalue weighted by Crippen LogP contribution is -2.26. The highest BCUT2D eigenvalue weighted by molar-refractivity contribution is 7.73. The van der Waals surface area contributed by atoms with Gasteiger partial charge in [-0.2, -0.15) is 0 Å². The van der Waals surface area contributed by atoms with Crippen LogP contribution in [0.3, 0.4) is 0 Å². The third-order valence-electron chi connectivity index (χ3n) is 4.36. The molecule has 0 N–H and O–H groups in total. The molecule has 0 aromatic carbocycles. The zero-order chi connectivity index (χ0) is 10.7. The van der Waals surface area contributed by atoms with E-state index in [0.29, 0.717) is 0 Å². The molecule has 0 aromatic rings. The summed E-state index contributed by atoms with van der Waals surface area (Å²) in [6.07, 6.45) is 11.2. The van der Waals surface area contributed by atoms with Crippen molar-refractivity contribution in [2.75, 3.05) is 0 Å². The molecule has 15 heavy (non-hydrogen) atoms. The van der Waals surface area contributed by atoms with Crippen LogP contribution in [0.1, 0.15) is 57.8 Å². The van der Waals surface area contributed by atoms with Gasteiger partial charge in [0.05, 0.1) is 5.25 Å². The monoisotopic (exact) mass is 230 g/mol. The van der Waals surface area contributed by atoms with Gasteiger partial charge in [-0.15, -0.1) is 0 Å². The number of thiol groups is 1. The third-order valence-corrected chi connectivity index (χ3v) is 5.47. The summed E-state index contributed by atoms with van der Waals surface area (Å²) in [4.78, 5) is 0. The fourth-order valence-corrected chi connectivity index (χ4v) is 4.11. The van der Waals surface area contributed by atoms with Crippen LogP contribution in [-0.2, 0) is 10.7 Å². The first-order valence-electron chi connectivity index (χ1n) is 6.41.